The Hall–Kier alpha value is -4.21. The maximum absolute atomic E-state index is 6.10. The van der Waals surface area contributed by atoms with Gasteiger partial charge in [-0.15, -0.1) is 36.4 Å². The fourth-order valence-electron chi connectivity index (χ4n) is 4.33. The smallest absolute Gasteiger partial charge is 0.509 e. The second-order valence-electron chi connectivity index (χ2n) is 8.86. The van der Waals surface area contributed by atoms with Crippen LogP contribution in [0.3, 0.4) is 0 Å². The van der Waals surface area contributed by atoms with E-state index in [9.17, 15) is 0 Å². The molecule has 0 aliphatic rings. The van der Waals surface area contributed by atoms with Crippen LogP contribution in [0, 0.1) is 26.0 Å². The molecule has 39 heavy (non-hydrogen) atoms. The molecule has 0 amide bonds. The van der Waals surface area contributed by atoms with E-state index < -0.39 is 0 Å². The minimum Gasteiger partial charge on any atom is -0.509 e. The molecule has 0 aliphatic heterocycles. The molecule has 0 bridgehead atoms. The summed E-state index contributed by atoms with van der Waals surface area (Å²) in [5.41, 5.74) is 8.16. The van der Waals surface area contributed by atoms with Gasteiger partial charge in [-0.2, -0.15) is 22.3 Å². The number of nitrogens with zero attached hydrogens (tertiary/aromatic N) is 4. The van der Waals surface area contributed by atoms with Crippen molar-refractivity contribution in [2.75, 3.05) is 0 Å². The van der Waals surface area contributed by atoms with Gasteiger partial charge in [0.25, 0.3) is 0 Å². The van der Waals surface area contributed by atoms with E-state index in [2.05, 4.69) is 70.9 Å². The van der Waals surface area contributed by atoms with Gasteiger partial charge in [-0.3, -0.25) is 9.36 Å². The van der Waals surface area contributed by atoms with Crippen LogP contribution in [0.25, 0.3) is 33.6 Å². The molecule has 6 aromatic rings. The predicted molar refractivity (Wildman–Crippen MR) is 152 cm³/mol. The first kappa shape index (κ1) is 27.8. The normalized spacial score (nSPS) is 10.4. The number of hydrogen-bond acceptors (Lipinski definition) is 3. The van der Waals surface area contributed by atoms with E-state index in [0.717, 1.165) is 33.9 Å². The van der Waals surface area contributed by atoms with Crippen molar-refractivity contribution in [1.29, 1.82) is 0 Å². The maximum atomic E-state index is 6.10. The maximum Gasteiger partial charge on any atom is 2.00 e. The van der Waals surface area contributed by atoms with Crippen molar-refractivity contribution in [1.82, 2.24) is 19.6 Å². The van der Waals surface area contributed by atoms with E-state index in [4.69, 9.17) is 4.74 Å². The molecule has 0 N–H and O–H groups in total. The van der Waals surface area contributed by atoms with Gasteiger partial charge in [0.1, 0.15) is 0 Å². The van der Waals surface area contributed by atoms with Crippen molar-refractivity contribution in [3.63, 3.8) is 0 Å². The van der Waals surface area contributed by atoms with Gasteiger partial charge in [0, 0.05) is 29.0 Å². The van der Waals surface area contributed by atoms with Gasteiger partial charge >= 0.3 is 21.1 Å². The molecule has 196 valence electrons. The molecule has 0 saturated carbocycles. The Morgan fingerprint density at radius 2 is 1.26 bits per heavy atom. The van der Waals surface area contributed by atoms with Gasteiger partial charge < -0.3 is 4.74 Å². The van der Waals surface area contributed by atoms with Crippen LogP contribution in [0.5, 0.6) is 11.5 Å². The van der Waals surface area contributed by atoms with Crippen molar-refractivity contribution < 1.29 is 25.8 Å². The first-order valence-electron chi connectivity index (χ1n) is 12.1. The van der Waals surface area contributed by atoms with Gasteiger partial charge in [0.15, 0.2) is 0 Å². The number of aromatic nitrogens is 4. The zero-order valence-electron chi connectivity index (χ0n) is 20.9. The molecule has 4 aromatic carbocycles. The number of aryl methyl sites for hydroxylation is 2. The molecule has 0 spiro atoms. The van der Waals surface area contributed by atoms with E-state index in [1.807, 2.05) is 84.1 Å². The van der Waals surface area contributed by atoms with Crippen molar-refractivity contribution in [2.45, 2.75) is 21.3 Å². The van der Waals surface area contributed by atoms with E-state index in [1.54, 1.807) is 0 Å². The summed E-state index contributed by atoms with van der Waals surface area (Å²) in [6.45, 7) is 4.00. The van der Waals surface area contributed by atoms with Crippen molar-refractivity contribution in [3.8, 4) is 45.1 Å². The summed E-state index contributed by atoms with van der Waals surface area (Å²) in [6.07, 6.45) is 3.87. The summed E-state index contributed by atoms with van der Waals surface area (Å²) in [4.78, 5) is 0. The van der Waals surface area contributed by atoms with Crippen LogP contribution in [-0.4, -0.2) is 19.6 Å². The molecule has 2 heterocycles. The molecule has 0 radical (unpaired) electrons. The number of ether oxygens (including phenoxy) is 1. The second kappa shape index (κ2) is 12.1. The number of rotatable bonds is 6. The third-order valence-corrected chi connectivity index (χ3v) is 6.12. The van der Waals surface area contributed by atoms with E-state index in [-0.39, 0.29) is 28.5 Å². The van der Waals surface area contributed by atoms with E-state index in [0.29, 0.717) is 11.5 Å². The Morgan fingerprint density at radius 1 is 0.667 bits per heavy atom. The van der Waals surface area contributed by atoms with Gasteiger partial charge in [-0.25, -0.2) is 0 Å². The summed E-state index contributed by atoms with van der Waals surface area (Å²) in [7, 11) is 0. The Labute approximate surface area is 244 Å². The molecular weight excluding hydrogens is 663 g/mol. The van der Waals surface area contributed by atoms with Crippen LogP contribution in [0.1, 0.15) is 18.8 Å². The molecule has 5 nitrogen and oxygen atoms in total. The van der Waals surface area contributed by atoms with Crippen LogP contribution >= 0.6 is 0 Å². The summed E-state index contributed by atoms with van der Waals surface area (Å²) >= 11 is 0. The molecule has 2 aromatic heterocycles. The van der Waals surface area contributed by atoms with Crippen LogP contribution in [0.4, 0.5) is 0 Å². The molecule has 0 fully saturated rings. The van der Waals surface area contributed by atoms with Crippen LogP contribution in [-0.2, 0) is 21.1 Å². The monoisotopic (exact) mass is 691 g/mol. The molecule has 0 atom stereocenters. The Morgan fingerprint density at radius 3 is 1.90 bits per heavy atom. The predicted octanol–water partition coefficient (Wildman–Crippen LogP) is 8.04. The van der Waals surface area contributed by atoms with Crippen LogP contribution < -0.4 is 4.74 Å². The third-order valence-electron chi connectivity index (χ3n) is 6.12. The standard InChI is InChI=1S/C32H24N4O.CH4.Pt/c1-23-18-24(2)36(34-23)30-11-7-13-32(20-30)37-31-12-6-10-29(19-31)35-22-28(21-33-35)27-16-14-26(15-17-27)25-8-4-3-5-9-25;;/h3-18,21-22H,1-2H3;1H4;/q-2;;+2. The summed E-state index contributed by atoms with van der Waals surface area (Å²) in [6, 6.07) is 39.1. The van der Waals surface area contributed by atoms with E-state index >= 15 is 0 Å². The summed E-state index contributed by atoms with van der Waals surface area (Å²) < 4.78 is 9.77. The van der Waals surface area contributed by atoms with Gasteiger partial charge in [0.05, 0.1) is 11.9 Å². The first-order chi connectivity index (χ1) is 18.1. The molecular formula is C33H28N4OPt. The third kappa shape index (κ3) is 6.10. The summed E-state index contributed by atoms with van der Waals surface area (Å²) in [5, 5.41) is 9.11. The number of benzene rings is 4. The fraction of sp³-hybridized carbons (Fsp3) is 0.0909. The van der Waals surface area contributed by atoms with Crippen molar-refractivity contribution >= 4 is 0 Å². The van der Waals surface area contributed by atoms with Gasteiger partial charge in [-0.1, -0.05) is 62.0 Å². The molecule has 0 unspecified atom stereocenters. The minimum absolute atomic E-state index is 0. The quantitative estimate of drug-likeness (QED) is 0.166. The van der Waals surface area contributed by atoms with Gasteiger partial charge in [-0.05, 0) is 48.0 Å². The average Bonchev–Trinajstić information content (AvgIpc) is 3.56. The molecule has 6 rings (SSSR count). The fourth-order valence-corrected chi connectivity index (χ4v) is 4.33. The molecule has 0 aliphatic carbocycles. The Bertz CT molecular complexity index is 1670. The second-order valence-corrected chi connectivity index (χ2v) is 8.86. The SMILES string of the molecule is C.Cc1cc(C)n(-c2[c-]c(Oc3[c-]c(-n4cc(-c5ccc(-c6ccccc6)cc5)cn4)ccc3)ccc2)n1.[Pt+2]. The zero-order valence-corrected chi connectivity index (χ0v) is 23.2. The Balaban J connectivity index is 0.00000176. The molecule has 0 saturated heterocycles. The first-order valence-corrected chi connectivity index (χ1v) is 12.1. The van der Waals surface area contributed by atoms with Crippen molar-refractivity contribution in [2.24, 2.45) is 0 Å². The Kier molecular flexibility index (Phi) is 8.63. The van der Waals surface area contributed by atoms with Gasteiger partial charge in [0.2, 0.25) is 0 Å². The topological polar surface area (TPSA) is 44.9 Å². The average molecular weight is 692 g/mol. The molecule has 6 heteroatoms. The van der Waals surface area contributed by atoms with Crippen LogP contribution in [0.15, 0.2) is 109 Å². The number of hydrogen-bond donors (Lipinski definition) is 0. The van der Waals surface area contributed by atoms with Crippen LogP contribution in [0.2, 0.25) is 0 Å². The zero-order chi connectivity index (χ0) is 25.2. The van der Waals surface area contributed by atoms with Crippen molar-refractivity contribution in [3.05, 3.63) is 133 Å². The van der Waals surface area contributed by atoms with E-state index in [1.165, 1.54) is 11.1 Å². The minimum atomic E-state index is 0. The summed E-state index contributed by atoms with van der Waals surface area (Å²) in [5.74, 6) is 1.18. The largest absolute Gasteiger partial charge is 2.00 e.